The second-order valence-electron chi connectivity index (χ2n) is 6.04. The quantitative estimate of drug-likeness (QED) is 0.478. The summed E-state index contributed by atoms with van der Waals surface area (Å²) in [7, 11) is 0. The van der Waals surface area contributed by atoms with Gasteiger partial charge in [0.05, 0.1) is 16.3 Å². The molecule has 0 bridgehead atoms. The molecule has 0 spiro atoms. The van der Waals surface area contributed by atoms with Crippen LogP contribution in [0.1, 0.15) is 12.8 Å². The predicted molar refractivity (Wildman–Crippen MR) is 105 cm³/mol. The highest BCUT2D eigenvalue weighted by Gasteiger charge is 2.24. The first-order valence-electron chi connectivity index (χ1n) is 8.27. The van der Waals surface area contributed by atoms with Crippen LogP contribution in [0.2, 0.25) is 0 Å². The molecule has 3 aromatic rings. The van der Waals surface area contributed by atoms with Crippen molar-refractivity contribution in [1.82, 2.24) is 25.1 Å². The van der Waals surface area contributed by atoms with Gasteiger partial charge in [-0.3, -0.25) is 9.36 Å². The number of hydrogen-bond donors (Lipinski definition) is 2. The van der Waals surface area contributed by atoms with Crippen molar-refractivity contribution in [3.8, 4) is 10.7 Å². The molecule has 1 saturated carbocycles. The van der Waals surface area contributed by atoms with E-state index in [1.165, 1.54) is 23.1 Å². The van der Waals surface area contributed by atoms with Gasteiger partial charge in [-0.25, -0.2) is 4.98 Å². The summed E-state index contributed by atoms with van der Waals surface area (Å²) in [5.74, 6) is 1.02. The minimum Gasteiger partial charge on any atom is -0.397 e. The standard InChI is InChI=1S/C17H18N6OS2/c1-2-8-23-15(14-13(18)11-4-3-7-19-16(11)26-14)21-22-17(23)25-9-12(24)20-10-5-6-10/h2-4,7,10H,1,5-6,8-9,18H2,(H,20,24). The van der Waals surface area contributed by atoms with E-state index in [1.807, 2.05) is 16.7 Å². The number of anilines is 1. The maximum atomic E-state index is 11.9. The second-order valence-corrected chi connectivity index (χ2v) is 7.98. The SMILES string of the molecule is C=CCn1c(SCC(=O)NC2CC2)nnc1-c1sc2ncccc2c1N. The number of aromatic nitrogens is 4. The highest BCUT2D eigenvalue weighted by Crippen LogP contribution is 2.39. The number of carbonyl (C=O) groups excluding carboxylic acids is 1. The van der Waals surface area contributed by atoms with E-state index in [0.717, 1.165) is 27.9 Å². The highest BCUT2D eigenvalue weighted by molar-refractivity contribution is 7.99. The van der Waals surface area contributed by atoms with E-state index in [1.54, 1.807) is 12.3 Å². The third-order valence-corrected chi connectivity index (χ3v) is 6.10. The smallest absolute Gasteiger partial charge is 0.230 e. The van der Waals surface area contributed by atoms with Gasteiger partial charge in [0.15, 0.2) is 11.0 Å². The van der Waals surface area contributed by atoms with Crippen molar-refractivity contribution in [2.24, 2.45) is 0 Å². The predicted octanol–water partition coefficient (Wildman–Crippen LogP) is 2.69. The third-order valence-electron chi connectivity index (χ3n) is 4.01. The van der Waals surface area contributed by atoms with E-state index < -0.39 is 0 Å². The zero-order valence-electron chi connectivity index (χ0n) is 14.0. The van der Waals surface area contributed by atoms with Crippen LogP contribution in [0.25, 0.3) is 20.9 Å². The Hall–Kier alpha value is -2.39. The lowest BCUT2D eigenvalue weighted by molar-refractivity contribution is -0.118. The number of nitrogens with one attached hydrogen (secondary N) is 1. The highest BCUT2D eigenvalue weighted by atomic mass is 32.2. The fourth-order valence-electron chi connectivity index (χ4n) is 2.60. The minimum atomic E-state index is 0.0257. The largest absolute Gasteiger partial charge is 0.397 e. The Morgan fingerprint density at radius 3 is 3.08 bits per heavy atom. The van der Waals surface area contributed by atoms with E-state index >= 15 is 0 Å². The molecule has 3 aromatic heterocycles. The van der Waals surface area contributed by atoms with E-state index in [9.17, 15) is 4.79 Å². The van der Waals surface area contributed by atoms with Crippen LogP contribution in [0.4, 0.5) is 5.69 Å². The molecule has 1 aliphatic carbocycles. The number of pyridine rings is 1. The van der Waals surface area contributed by atoms with E-state index in [2.05, 4.69) is 27.1 Å². The minimum absolute atomic E-state index is 0.0257. The van der Waals surface area contributed by atoms with Crippen LogP contribution in [-0.2, 0) is 11.3 Å². The first kappa shape index (κ1) is 17.0. The normalized spacial score (nSPS) is 13.8. The molecule has 4 rings (SSSR count). The molecule has 9 heteroatoms. The van der Waals surface area contributed by atoms with Gasteiger partial charge in [0.1, 0.15) is 4.83 Å². The molecule has 0 atom stereocenters. The number of nitrogen functional groups attached to an aromatic ring is 1. The number of allylic oxidation sites excluding steroid dienone is 1. The molecule has 0 radical (unpaired) electrons. The summed E-state index contributed by atoms with van der Waals surface area (Å²) in [4.78, 5) is 18.0. The monoisotopic (exact) mass is 386 g/mol. The second kappa shape index (κ2) is 7.08. The number of rotatable bonds is 7. The average Bonchev–Trinajstić information content (AvgIpc) is 3.27. The van der Waals surface area contributed by atoms with E-state index in [0.29, 0.717) is 35.0 Å². The van der Waals surface area contributed by atoms with Gasteiger partial charge < -0.3 is 11.1 Å². The molecule has 0 unspecified atom stereocenters. The zero-order chi connectivity index (χ0) is 18.1. The molecule has 1 amide bonds. The van der Waals surface area contributed by atoms with Crippen LogP contribution in [0.5, 0.6) is 0 Å². The summed E-state index contributed by atoms with van der Waals surface area (Å²) in [5.41, 5.74) is 6.97. The number of amides is 1. The summed E-state index contributed by atoms with van der Waals surface area (Å²) in [6.07, 6.45) is 5.68. The van der Waals surface area contributed by atoms with E-state index in [-0.39, 0.29) is 5.91 Å². The molecule has 0 saturated heterocycles. The Labute approximate surface area is 158 Å². The Morgan fingerprint density at radius 1 is 1.50 bits per heavy atom. The number of hydrogen-bond acceptors (Lipinski definition) is 7. The van der Waals surface area contributed by atoms with Crippen molar-refractivity contribution in [2.45, 2.75) is 30.6 Å². The Balaban J connectivity index is 1.63. The topological polar surface area (TPSA) is 98.7 Å². The lowest BCUT2D eigenvalue weighted by Crippen LogP contribution is -2.27. The van der Waals surface area contributed by atoms with Gasteiger partial charge in [0, 0.05) is 24.2 Å². The molecule has 7 nitrogen and oxygen atoms in total. The van der Waals surface area contributed by atoms with Crippen LogP contribution in [0, 0.1) is 0 Å². The van der Waals surface area contributed by atoms with Crippen molar-refractivity contribution in [3.05, 3.63) is 31.0 Å². The number of carbonyl (C=O) groups is 1. The first-order chi connectivity index (χ1) is 12.7. The molecular weight excluding hydrogens is 368 g/mol. The van der Waals surface area contributed by atoms with Crippen LogP contribution in [0.3, 0.4) is 0 Å². The number of nitrogens with zero attached hydrogens (tertiary/aromatic N) is 4. The van der Waals surface area contributed by atoms with Gasteiger partial charge in [-0.05, 0) is 25.0 Å². The van der Waals surface area contributed by atoms with Crippen molar-refractivity contribution < 1.29 is 4.79 Å². The summed E-state index contributed by atoms with van der Waals surface area (Å²) in [6.45, 7) is 4.35. The molecule has 0 aromatic carbocycles. The van der Waals surface area contributed by atoms with Crippen molar-refractivity contribution in [2.75, 3.05) is 11.5 Å². The molecule has 3 N–H and O–H groups in total. The lowest BCUT2D eigenvalue weighted by atomic mass is 10.2. The van der Waals surface area contributed by atoms with Gasteiger partial charge in [-0.15, -0.1) is 28.1 Å². The summed E-state index contributed by atoms with van der Waals surface area (Å²) in [6, 6.07) is 4.17. The number of fused-ring (bicyclic) bond motifs is 1. The fraction of sp³-hybridized carbons (Fsp3) is 0.294. The molecule has 134 valence electrons. The van der Waals surface area contributed by atoms with Crippen LogP contribution < -0.4 is 11.1 Å². The number of thiophene rings is 1. The van der Waals surface area contributed by atoms with Gasteiger partial charge in [-0.1, -0.05) is 17.8 Å². The Bertz CT molecular complexity index is 975. The van der Waals surface area contributed by atoms with Gasteiger partial charge in [-0.2, -0.15) is 0 Å². The molecule has 1 aliphatic rings. The van der Waals surface area contributed by atoms with Crippen molar-refractivity contribution >= 4 is 44.9 Å². The Morgan fingerprint density at radius 2 is 2.35 bits per heavy atom. The molecule has 1 fully saturated rings. The fourth-order valence-corrected chi connectivity index (χ4v) is 4.42. The van der Waals surface area contributed by atoms with Gasteiger partial charge in [0.2, 0.25) is 5.91 Å². The van der Waals surface area contributed by atoms with Crippen LogP contribution in [0.15, 0.2) is 36.1 Å². The number of thioether (sulfide) groups is 1. The van der Waals surface area contributed by atoms with Crippen molar-refractivity contribution in [3.63, 3.8) is 0 Å². The average molecular weight is 387 g/mol. The van der Waals surface area contributed by atoms with Crippen LogP contribution >= 0.6 is 23.1 Å². The third kappa shape index (κ3) is 3.32. The molecule has 0 aliphatic heterocycles. The van der Waals surface area contributed by atoms with Crippen LogP contribution in [-0.4, -0.2) is 37.5 Å². The molecule has 3 heterocycles. The maximum absolute atomic E-state index is 11.9. The summed E-state index contributed by atoms with van der Waals surface area (Å²) >= 11 is 2.86. The van der Waals surface area contributed by atoms with Crippen molar-refractivity contribution in [1.29, 1.82) is 0 Å². The Kier molecular flexibility index (Phi) is 4.64. The first-order valence-corrected chi connectivity index (χ1v) is 10.1. The number of nitrogens with two attached hydrogens (primary N) is 1. The van der Waals surface area contributed by atoms with Gasteiger partial charge >= 0.3 is 0 Å². The lowest BCUT2D eigenvalue weighted by Gasteiger charge is -2.07. The summed E-state index contributed by atoms with van der Waals surface area (Å²) in [5, 5.41) is 13.2. The van der Waals surface area contributed by atoms with Gasteiger partial charge in [0.25, 0.3) is 0 Å². The molecular formula is C17H18N6OS2. The maximum Gasteiger partial charge on any atom is 0.230 e. The molecule has 26 heavy (non-hydrogen) atoms. The summed E-state index contributed by atoms with van der Waals surface area (Å²) < 4.78 is 1.93. The zero-order valence-corrected chi connectivity index (χ0v) is 15.6. The van der Waals surface area contributed by atoms with E-state index in [4.69, 9.17) is 5.73 Å².